The minimum Gasteiger partial charge on any atom is -0.468 e. The van der Waals surface area contributed by atoms with Crippen LogP contribution in [0.3, 0.4) is 0 Å². The lowest BCUT2D eigenvalue weighted by atomic mass is 9.78. The van der Waals surface area contributed by atoms with Crippen molar-refractivity contribution in [3.8, 4) is 6.07 Å². The van der Waals surface area contributed by atoms with Crippen LogP contribution >= 0.6 is 11.8 Å². The summed E-state index contributed by atoms with van der Waals surface area (Å²) in [6.45, 7) is 0. The van der Waals surface area contributed by atoms with Gasteiger partial charge in [0.2, 0.25) is 5.91 Å². The van der Waals surface area contributed by atoms with E-state index >= 15 is 0 Å². The molecule has 0 saturated heterocycles. The molecule has 1 amide bonds. The highest BCUT2D eigenvalue weighted by molar-refractivity contribution is 8.02. The van der Waals surface area contributed by atoms with Crippen molar-refractivity contribution in [2.75, 3.05) is 14.2 Å². The molecule has 0 spiro atoms. The minimum absolute atomic E-state index is 0.261. The van der Waals surface area contributed by atoms with Crippen molar-refractivity contribution in [1.82, 2.24) is 5.32 Å². The van der Waals surface area contributed by atoms with Crippen LogP contribution in [0.15, 0.2) is 77.3 Å². The number of methoxy groups -OCH3 is 2. The smallest absolute Gasteiger partial charge is 0.337 e. The number of nitrogens with zero attached hydrogens (tertiary/aromatic N) is 1. The van der Waals surface area contributed by atoms with E-state index in [1.54, 1.807) is 24.3 Å². The summed E-state index contributed by atoms with van der Waals surface area (Å²) in [7, 11) is 2.48. The summed E-state index contributed by atoms with van der Waals surface area (Å²) < 4.78 is 9.61. The molecule has 0 fully saturated rings. The molecule has 1 N–H and O–H groups in total. The molecule has 0 saturated carbocycles. The molecule has 1 aliphatic heterocycles. The third-order valence-electron chi connectivity index (χ3n) is 5.87. The van der Waals surface area contributed by atoms with Crippen LogP contribution in [0.4, 0.5) is 0 Å². The fourth-order valence-corrected chi connectivity index (χ4v) is 5.10. The first-order valence-corrected chi connectivity index (χ1v) is 11.8. The van der Waals surface area contributed by atoms with Crippen molar-refractivity contribution in [2.24, 2.45) is 5.92 Å². The fraction of sp³-hybridized carbons (Fsp3) is 0.185. The molecule has 1 aliphatic rings. The van der Waals surface area contributed by atoms with Crippen LogP contribution in [0.1, 0.15) is 27.4 Å². The van der Waals surface area contributed by atoms with Gasteiger partial charge < -0.3 is 14.8 Å². The molecule has 0 aliphatic carbocycles. The molecule has 0 bridgehead atoms. The Morgan fingerprint density at radius 2 is 1.71 bits per heavy atom. The quantitative estimate of drug-likeness (QED) is 0.409. The molecular formula is C27H22N2O5S. The van der Waals surface area contributed by atoms with E-state index in [9.17, 15) is 19.6 Å². The summed E-state index contributed by atoms with van der Waals surface area (Å²) in [6.07, 6.45) is 0. The van der Waals surface area contributed by atoms with E-state index in [1.807, 2.05) is 36.4 Å². The number of allylic oxidation sites excluding steroid dienone is 1. The molecule has 176 valence electrons. The molecule has 35 heavy (non-hydrogen) atoms. The summed E-state index contributed by atoms with van der Waals surface area (Å²) in [5.41, 5.74) is 2.15. The van der Waals surface area contributed by atoms with Gasteiger partial charge in [-0.1, -0.05) is 54.6 Å². The number of carbonyl (C=O) groups is 3. The number of benzene rings is 3. The average molecular weight is 487 g/mol. The number of carbonyl (C=O) groups excluding carboxylic acids is 3. The van der Waals surface area contributed by atoms with Crippen molar-refractivity contribution in [3.63, 3.8) is 0 Å². The lowest BCUT2D eigenvalue weighted by Crippen LogP contribution is -2.44. The normalized spacial score (nSPS) is 17.5. The molecular weight excluding hydrogens is 464 g/mol. The van der Waals surface area contributed by atoms with E-state index in [1.165, 1.54) is 26.0 Å². The van der Waals surface area contributed by atoms with Crippen LogP contribution < -0.4 is 5.32 Å². The lowest BCUT2D eigenvalue weighted by molar-refractivity contribution is -0.150. The second kappa shape index (κ2) is 10.5. The largest absolute Gasteiger partial charge is 0.468 e. The van der Waals surface area contributed by atoms with Gasteiger partial charge in [-0.3, -0.25) is 9.59 Å². The topological polar surface area (TPSA) is 105 Å². The Kier molecular flexibility index (Phi) is 7.18. The SMILES string of the molecule is COC(=O)c1ccc([C@@H]2C(C#N)=C(SCc3ccc4ccccc4c3)NC(=O)[C@@H]2C(=O)OC)cc1. The van der Waals surface area contributed by atoms with Gasteiger partial charge in [-0.15, -0.1) is 11.8 Å². The number of esters is 2. The molecule has 8 heteroatoms. The maximum absolute atomic E-state index is 13.0. The summed E-state index contributed by atoms with van der Waals surface area (Å²) in [5.74, 6) is -3.36. The first kappa shape index (κ1) is 24.0. The Hall–Kier alpha value is -4.09. The number of ether oxygens (including phenoxy) is 2. The van der Waals surface area contributed by atoms with Crippen molar-refractivity contribution >= 4 is 40.4 Å². The Labute approximate surface area is 206 Å². The van der Waals surface area contributed by atoms with Crippen molar-refractivity contribution in [2.45, 2.75) is 11.7 Å². The Bertz CT molecular complexity index is 1370. The highest BCUT2D eigenvalue weighted by Gasteiger charge is 2.44. The van der Waals surface area contributed by atoms with Crippen LogP contribution in [0.25, 0.3) is 10.8 Å². The number of nitrogens with one attached hydrogen (secondary N) is 1. The van der Waals surface area contributed by atoms with E-state index in [-0.39, 0.29) is 5.57 Å². The molecule has 3 aromatic carbocycles. The molecule has 7 nitrogen and oxygen atoms in total. The van der Waals surface area contributed by atoms with Gasteiger partial charge in [-0.05, 0) is 34.0 Å². The number of fused-ring (bicyclic) bond motifs is 1. The van der Waals surface area contributed by atoms with Gasteiger partial charge in [0, 0.05) is 11.7 Å². The monoisotopic (exact) mass is 486 g/mol. The second-order valence-corrected chi connectivity index (χ2v) is 8.89. The van der Waals surface area contributed by atoms with Gasteiger partial charge in [0.15, 0.2) is 0 Å². The van der Waals surface area contributed by atoms with E-state index in [2.05, 4.69) is 17.5 Å². The third-order valence-corrected chi connectivity index (χ3v) is 6.96. The van der Waals surface area contributed by atoms with Gasteiger partial charge in [0.25, 0.3) is 0 Å². The Morgan fingerprint density at radius 3 is 2.37 bits per heavy atom. The van der Waals surface area contributed by atoms with E-state index in [0.29, 0.717) is 21.9 Å². The number of thioether (sulfide) groups is 1. The zero-order valence-corrected chi connectivity index (χ0v) is 19.9. The molecule has 3 aromatic rings. The van der Waals surface area contributed by atoms with E-state index in [0.717, 1.165) is 16.3 Å². The number of nitriles is 1. The van der Waals surface area contributed by atoms with Crippen LogP contribution in [-0.2, 0) is 24.8 Å². The van der Waals surface area contributed by atoms with Crippen molar-refractivity contribution in [1.29, 1.82) is 5.26 Å². The molecule has 1 heterocycles. The maximum Gasteiger partial charge on any atom is 0.337 e. The van der Waals surface area contributed by atoms with Gasteiger partial charge in [0.05, 0.1) is 36.5 Å². The zero-order valence-electron chi connectivity index (χ0n) is 19.1. The van der Waals surface area contributed by atoms with Crippen LogP contribution in [0.2, 0.25) is 0 Å². The van der Waals surface area contributed by atoms with Crippen LogP contribution in [-0.4, -0.2) is 32.1 Å². The molecule has 0 aromatic heterocycles. The second-order valence-electron chi connectivity index (χ2n) is 7.91. The van der Waals surface area contributed by atoms with Gasteiger partial charge in [-0.25, -0.2) is 4.79 Å². The lowest BCUT2D eigenvalue weighted by Gasteiger charge is -2.31. The summed E-state index contributed by atoms with van der Waals surface area (Å²) in [5, 5.41) is 15.4. The van der Waals surface area contributed by atoms with Crippen LogP contribution in [0.5, 0.6) is 0 Å². The highest BCUT2D eigenvalue weighted by Crippen LogP contribution is 2.41. The number of amides is 1. The maximum atomic E-state index is 13.0. The van der Waals surface area contributed by atoms with Crippen molar-refractivity contribution < 1.29 is 23.9 Å². The summed E-state index contributed by atoms with van der Waals surface area (Å²) in [4.78, 5) is 37.4. The molecule has 4 rings (SSSR count). The van der Waals surface area contributed by atoms with Gasteiger partial charge >= 0.3 is 11.9 Å². The molecule has 0 unspecified atom stereocenters. The highest BCUT2D eigenvalue weighted by atomic mass is 32.2. The number of rotatable bonds is 6. The zero-order chi connectivity index (χ0) is 24.9. The van der Waals surface area contributed by atoms with Gasteiger partial charge in [0.1, 0.15) is 5.92 Å². The van der Waals surface area contributed by atoms with E-state index < -0.39 is 29.7 Å². The number of hydrogen-bond donors (Lipinski definition) is 1. The summed E-state index contributed by atoms with van der Waals surface area (Å²) >= 11 is 1.33. The predicted octanol–water partition coefficient (Wildman–Crippen LogP) is 4.30. The Morgan fingerprint density at radius 1 is 1.00 bits per heavy atom. The van der Waals surface area contributed by atoms with Gasteiger partial charge in [-0.2, -0.15) is 5.26 Å². The fourth-order valence-electron chi connectivity index (χ4n) is 4.11. The predicted molar refractivity (Wildman–Crippen MR) is 132 cm³/mol. The third kappa shape index (κ3) is 4.91. The minimum atomic E-state index is -1.23. The Balaban J connectivity index is 1.70. The summed E-state index contributed by atoms with van der Waals surface area (Å²) in [6, 6.07) is 22.6. The van der Waals surface area contributed by atoms with Crippen LogP contribution in [0, 0.1) is 17.2 Å². The first-order chi connectivity index (χ1) is 17.0. The number of hydrogen-bond acceptors (Lipinski definition) is 7. The van der Waals surface area contributed by atoms with Crippen molar-refractivity contribution in [3.05, 3.63) is 94.0 Å². The van der Waals surface area contributed by atoms with E-state index in [4.69, 9.17) is 9.47 Å². The molecule has 2 atom stereocenters. The standard InChI is InChI=1S/C27H22N2O5S/c1-33-26(31)19-11-9-18(10-12-19)22-21(14-28)25(29-24(30)23(22)27(32)34-2)35-15-16-7-8-17-5-3-4-6-20(17)13-16/h3-13,22-23H,15H2,1-2H3,(H,29,30)/t22-,23-/m1/s1. The average Bonchev–Trinajstić information content (AvgIpc) is 2.90. The first-order valence-electron chi connectivity index (χ1n) is 10.8. The molecule has 0 radical (unpaired) electrons.